The van der Waals surface area contributed by atoms with Gasteiger partial charge in [-0.25, -0.2) is 13.2 Å². The fourth-order valence-corrected chi connectivity index (χ4v) is 7.63. The monoisotopic (exact) mass is 642 g/mol. The van der Waals surface area contributed by atoms with E-state index in [1.165, 1.54) is 17.8 Å². The predicted molar refractivity (Wildman–Crippen MR) is 172 cm³/mol. The molecule has 1 aliphatic rings. The fourth-order valence-electron chi connectivity index (χ4n) is 5.05. The van der Waals surface area contributed by atoms with E-state index in [1.807, 2.05) is 66.4 Å². The molecule has 3 aromatic carbocycles. The summed E-state index contributed by atoms with van der Waals surface area (Å²) in [6, 6.07) is 19.9. The maximum atomic E-state index is 14.7. The molecule has 236 valence electrons. The topological polar surface area (TPSA) is 85.4 Å². The highest BCUT2D eigenvalue weighted by Crippen LogP contribution is 2.44. The minimum Gasteiger partial charge on any atom is -0.497 e. The molecule has 1 unspecified atom stereocenters. The summed E-state index contributed by atoms with van der Waals surface area (Å²) in [6.45, 7) is 6.21. The number of rotatable bonds is 13. The van der Waals surface area contributed by atoms with Gasteiger partial charge in [0.1, 0.15) is 22.7 Å². The zero-order chi connectivity index (χ0) is 31.7. The second kappa shape index (κ2) is 15.5. The van der Waals surface area contributed by atoms with Gasteiger partial charge in [-0.3, -0.25) is 0 Å². The number of ether oxygens (including phenoxy) is 3. The average Bonchev–Trinajstić information content (AvgIpc) is 3.11. The van der Waals surface area contributed by atoms with E-state index in [4.69, 9.17) is 14.2 Å². The average molecular weight is 643 g/mol. The fraction of sp³-hybridized carbons (Fsp3) is 0.364. The molecule has 0 amide bonds. The number of hydrogen-bond donors (Lipinski definition) is 0. The molecule has 0 saturated heterocycles. The number of methoxy groups -OCH3 is 1. The Kier molecular flexibility index (Phi) is 11.7. The van der Waals surface area contributed by atoms with E-state index in [9.17, 15) is 17.6 Å². The molecule has 0 saturated carbocycles. The van der Waals surface area contributed by atoms with Gasteiger partial charge in [0.05, 0.1) is 24.3 Å². The summed E-state index contributed by atoms with van der Waals surface area (Å²) in [4.78, 5) is 14.6. The zero-order valence-electron chi connectivity index (χ0n) is 25.5. The summed E-state index contributed by atoms with van der Waals surface area (Å²) in [5.74, 6) is -0.910. The van der Waals surface area contributed by atoms with E-state index in [2.05, 4.69) is 6.92 Å². The van der Waals surface area contributed by atoms with Gasteiger partial charge in [0.15, 0.2) is 0 Å². The van der Waals surface area contributed by atoms with Crippen molar-refractivity contribution in [2.24, 2.45) is 0 Å². The molecule has 3 aromatic rings. The number of anilines is 2. The van der Waals surface area contributed by atoms with Crippen molar-refractivity contribution in [3.63, 3.8) is 0 Å². The SMILES string of the molecule is CCCCC1CN(c2ccccc2)c2cc(SCC)c(O/C=C(\F)C(=O)OCC)cc2S(=O)(=O)N1Cc1ccc(OC)cc1. The number of nitrogens with zero attached hydrogens (tertiary/aromatic N) is 2. The number of unbranched alkanes of at least 4 members (excludes halogenated alkanes) is 1. The molecule has 1 aliphatic heterocycles. The van der Waals surface area contributed by atoms with Gasteiger partial charge in [0.25, 0.3) is 0 Å². The van der Waals surface area contributed by atoms with Gasteiger partial charge in [-0.15, -0.1) is 11.8 Å². The van der Waals surface area contributed by atoms with Crippen molar-refractivity contribution in [2.45, 2.75) is 62.4 Å². The van der Waals surface area contributed by atoms with Crippen molar-refractivity contribution < 1.29 is 31.8 Å². The molecule has 4 rings (SSSR count). The Morgan fingerprint density at radius 2 is 1.80 bits per heavy atom. The van der Waals surface area contributed by atoms with Crippen LogP contribution < -0.4 is 14.4 Å². The van der Waals surface area contributed by atoms with Crippen LogP contribution in [-0.2, 0) is 26.1 Å². The third kappa shape index (κ3) is 7.75. The quantitative estimate of drug-likeness (QED) is 0.0822. The number of carbonyl (C=O) groups is 1. The number of hydrogen-bond acceptors (Lipinski definition) is 8. The first-order chi connectivity index (χ1) is 21.2. The molecule has 0 bridgehead atoms. The summed E-state index contributed by atoms with van der Waals surface area (Å²) >= 11 is 1.43. The van der Waals surface area contributed by atoms with Crippen LogP contribution in [0.15, 0.2) is 88.6 Å². The number of para-hydroxylation sites is 1. The van der Waals surface area contributed by atoms with Gasteiger partial charge in [-0.05, 0) is 55.0 Å². The summed E-state index contributed by atoms with van der Waals surface area (Å²) < 4.78 is 61.1. The highest BCUT2D eigenvalue weighted by atomic mass is 32.2. The van der Waals surface area contributed by atoms with E-state index >= 15 is 0 Å². The summed E-state index contributed by atoms with van der Waals surface area (Å²) in [6.07, 6.45) is 3.09. The lowest BCUT2D eigenvalue weighted by atomic mass is 10.1. The number of fused-ring (bicyclic) bond motifs is 1. The Hall–Kier alpha value is -3.54. The minimum absolute atomic E-state index is 0.00661. The number of benzene rings is 3. The van der Waals surface area contributed by atoms with Crippen LogP contribution in [0, 0.1) is 0 Å². The Morgan fingerprint density at radius 3 is 2.43 bits per heavy atom. The van der Waals surface area contributed by atoms with Crippen LogP contribution in [0.1, 0.15) is 45.6 Å². The van der Waals surface area contributed by atoms with Crippen molar-refractivity contribution >= 4 is 39.1 Å². The maximum absolute atomic E-state index is 14.7. The van der Waals surface area contributed by atoms with Gasteiger partial charge in [-0.2, -0.15) is 8.70 Å². The van der Waals surface area contributed by atoms with Crippen LogP contribution in [0.4, 0.5) is 15.8 Å². The van der Waals surface area contributed by atoms with Gasteiger partial charge < -0.3 is 19.1 Å². The Balaban J connectivity index is 1.90. The van der Waals surface area contributed by atoms with Crippen LogP contribution in [0.3, 0.4) is 0 Å². The summed E-state index contributed by atoms with van der Waals surface area (Å²) in [5.41, 5.74) is 2.18. The smallest absolute Gasteiger partial charge is 0.370 e. The molecule has 0 radical (unpaired) electrons. The van der Waals surface area contributed by atoms with Crippen LogP contribution in [-0.4, -0.2) is 50.7 Å². The van der Waals surface area contributed by atoms with Crippen molar-refractivity contribution in [1.29, 1.82) is 0 Å². The van der Waals surface area contributed by atoms with E-state index in [0.717, 1.165) is 24.1 Å². The van der Waals surface area contributed by atoms with E-state index < -0.39 is 21.8 Å². The van der Waals surface area contributed by atoms with E-state index in [1.54, 1.807) is 24.4 Å². The lowest BCUT2D eigenvalue weighted by molar-refractivity contribution is -0.140. The maximum Gasteiger partial charge on any atom is 0.370 e. The number of esters is 1. The number of halogens is 1. The highest BCUT2D eigenvalue weighted by Gasteiger charge is 2.40. The Labute approximate surface area is 263 Å². The molecular formula is C33H39FN2O6S2. The summed E-state index contributed by atoms with van der Waals surface area (Å²) in [5, 5.41) is 0. The molecule has 0 fully saturated rings. The lowest BCUT2D eigenvalue weighted by Crippen LogP contribution is -2.43. The second-order valence-corrected chi connectivity index (χ2v) is 13.3. The molecule has 1 heterocycles. The molecule has 0 aliphatic carbocycles. The molecule has 0 spiro atoms. The van der Waals surface area contributed by atoms with Gasteiger partial charge in [0.2, 0.25) is 15.9 Å². The predicted octanol–water partition coefficient (Wildman–Crippen LogP) is 7.46. The molecule has 0 aromatic heterocycles. The van der Waals surface area contributed by atoms with Crippen molar-refractivity contribution in [1.82, 2.24) is 4.31 Å². The van der Waals surface area contributed by atoms with Crippen LogP contribution in [0.2, 0.25) is 0 Å². The summed E-state index contributed by atoms with van der Waals surface area (Å²) in [7, 11) is -2.52. The number of thioether (sulfide) groups is 1. The molecular weight excluding hydrogens is 604 g/mol. The lowest BCUT2D eigenvalue weighted by Gasteiger charge is -2.31. The van der Waals surface area contributed by atoms with Crippen LogP contribution >= 0.6 is 11.8 Å². The van der Waals surface area contributed by atoms with Crippen molar-refractivity contribution in [3.8, 4) is 11.5 Å². The van der Waals surface area contributed by atoms with Gasteiger partial charge in [-0.1, -0.05) is 57.0 Å². The minimum atomic E-state index is -4.11. The second-order valence-electron chi connectivity index (χ2n) is 10.1. The van der Waals surface area contributed by atoms with Crippen molar-refractivity contribution in [3.05, 3.63) is 84.4 Å². The highest BCUT2D eigenvalue weighted by molar-refractivity contribution is 7.99. The normalized spacial score (nSPS) is 16.6. The van der Waals surface area contributed by atoms with Gasteiger partial charge >= 0.3 is 5.97 Å². The zero-order valence-corrected chi connectivity index (χ0v) is 27.1. The first-order valence-electron chi connectivity index (χ1n) is 14.7. The molecule has 44 heavy (non-hydrogen) atoms. The number of sulfonamides is 1. The van der Waals surface area contributed by atoms with Gasteiger partial charge in [0, 0.05) is 30.9 Å². The Morgan fingerprint density at radius 1 is 1.07 bits per heavy atom. The first kappa shape index (κ1) is 33.4. The molecule has 0 N–H and O–H groups in total. The molecule has 8 nitrogen and oxygen atoms in total. The van der Waals surface area contributed by atoms with E-state index in [-0.39, 0.29) is 29.8 Å². The third-order valence-electron chi connectivity index (χ3n) is 7.22. The largest absolute Gasteiger partial charge is 0.497 e. The van der Waals surface area contributed by atoms with Crippen LogP contribution in [0.25, 0.3) is 0 Å². The molecule has 11 heteroatoms. The van der Waals surface area contributed by atoms with Crippen LogP contribution in [0.5, 0.6) is 11.5 Å². The third-order valence-corrected chi connectivity index (χ3v) is 10.1. The van der Waals surface area contributed by atoms with E-state index in [0.29, 0.717) is 41.3 Å². The standard InChI is InChI=1S/C33H39FN2O6S2/c1-5-8-12-26-22-35(25-13-10-9-11-14-25)29-19-31(43-7-3)30(42-23-28(34)33(37)41-6-2)20-32(29)44(38,39)36(26)21-24-15-17-27(40-4)18-16-24/h9-11,13-20,23,26H,5-8,12,21-22H2,1-4H3/b28-23-. The molecule has 1 atom stereocenters. The van der Waals surface area contributed by atoms with Crippen molar-refractivity contribution in [2.75, 3.05) is 30.9 Å². The Bertz CT molecular complexity index is 1550. The first-order valence-corrected chi connectivity index (χ1v) is 17.1. The number of carbonyl (C=O) groups excluding carboxylic acids is 1.